The molecule has 0 aliphatic rings. The van der Waals surface area contributed by atoms with Gasteiger partial charge in [0, 0.05) is 18.7 Å². The van der Waals surface area contributed by atoms with Crippen LogP contribution in [0.1, 0.15) is 27.9 Å². The molecule has 0 saturated heterocycles. The van der Waals surface area contributed by atoms with E-state index in [4.69, 9.17) is 6.42 Å². The van der Waals surface area contributed by atoms with E-state index in [1.807, 2.05) is 53.4 Å². The van der Waals surface area contributed by atoms with Gasteiger partial charge in [0.15, 0.2) is 0 Å². The highest BCUT2D eigenvalue weighted by atomic mass is 16.2. The first-order valence-electron chi connectivity index (χ1n) is 7.26. The van der Waals surface area contributed by atoms with Gasteiger partial charge in [0.2, 0.25) is 0 Å². The Morgan fingerprint density at radius 3 is 2.50 bits per heavy atom. The van der Waals surface area contributed by atoms with Crippen molar-refractivity contribution in [3.05, 3.63) is 83.9 Å². The van der Waals surface area contributed by atoms with Gasteiger partial charge in [0.25, 0.3) is 5.91 Å². The maximum atomic E-state index is 12.8. The van der Waals surface area contributed by atoms with Gasteiger partial charge in [-0.3, -0.25) is 4.79 Å². The van der Waals surface area contributed by atoms with Gasteiger partial charge in [-0.1, -0.05) is 54.5 Å². The highest BCUT2D eigenvalue weighted by Crippen LogP contribution is 2.14. The van der Waals surface area contributed by atoms with Gasteiger partial charge in [-0.2, -0.15) is 0 Å². The van der Waals surface area contributed by atoms with E-state index in [-0.39, 0.29) is 5.91 Å². The van der Waals surface area contributed by atoms with Crippen LogP contribution >= 0.6 is 0 Å². The zero-order chi connectivity index (χ0) is 15.8. The minimum Gasteiger partial charge on any atom is -0.334 e. The number of amides is 1. The van der Waals surface area contributed by atoms with Crippen molar-refractivity contribution in [2.45, 2.75) is 13.0 Å². The summed E-state index contributed by atoms with van der Waals surface area (Å²) in [5, 5.41) is 0. The van der Waals surface area contributed by atoms with E-state index in [1.165, 1.54) is 0 Å². The predicted octanol–water partition coefficient (Wildman–Crippen LogP) is 3.89. The Hall–Kier alpha value is -2.79. The fourth-order valence-electron chi connectivity index (χ4n) is 2.27. The number of rotatable bonds is 6. The molecule has 2 heteroatoms. The van der Waals surface area contributed by atoms with Gasteiger partial charge in [0.05, 0.1) is 5.56 Å². The maximum absolute atomic E-state index is 12.8. The van der Waals surface area contributed by atoms with Gasteiger partial charge < -0.3 is 4.90 Å². The lowest BCUT2D eigenvalue weighted by Gasteiger charge is -2.23. The zero-order valence-corrected chi connectivity index (χ0v) is 12.5. The van der Waals surface area contributed by atoms with E-state index in [0.29, 0.717) is 24.2 Å². The summed E-state index contributed by atoms with van der Waals surface area (Å²) in [5.41, 5.74) is 2.30. The molecule has 1 amide bonds. The molecule has 2 nitrogen and oxygen atoms in total. The van der Waals surface area contributed by atoms with E-state index in [9.17, 15) is 4.79 Å². The fourth-order valence-corrected chi connectivity index (χ4v) is 2.27. The molecule has 110 valence electrons. The maximum Gasteiger partial charge on any atom is 0.255 e. The van der Waals surface area contributed by atoms with Crippen LogP contribution in [0.15, 0.2) is 67.3 Å². The summed E-state index contributed by atoms with van der Waals surface area (Å²) < 4.78 is 0. The molecule has 0 saturated carbocycles. The van der Waals surface area contributed by atoms with Gasteiger partial charge in [0.1, 0.15) is 0 Å². The number of benzene rings is 2. The minimum absolute atomic E-state index is 0.0424. The van der Waals surface area contributed by atoms with Crippen molar-refractivity contribution in [2.24, 2.45) is 0 Å². The standard InChI is InChI=1S/C20H19NO/c1-3-5-15-21(16-17-11-7-6-8-12-17)20(22)19-14-10-9-13-18(19)4-2/h2-3,6-14H,1,5,15-16H2. The topological polar surface area (TPSA) is 20.3 Å². The molecular formula is C20H19NO. The van der Waals surface area contributed by atoms with Crippen LogP contribution < -0.4 is 0 Å². The lowest BCUT2D eigenvalue weighted by atomic mass is 10.1. The molecule has 0 bridgehead atoms. The second-order valence-electron chi connectivity index (χ2n) is 4.98. The second-order valence-corrected chi connectivity index (χ2v) is 4.98. The molecule has 22 heavy (non-hydrogen) atoms. The molecule has 0 aliphatic carbocycles. The third-order valence-corrected chi connectivity index (χ3v) is 3.42. The zero-order valence-electron chi connectivity index (χ0n) is 12.5. The fraction of sp³-hybridized carbons (Fsp3) is 0.150. The molecule has 0 aromatic heterocycles. The Bertz CT molecular complexity index is 682. The van der Waals surface area contributed by atoms with Crippen LogP contribution in [-0.2, 0) is 6.54 Å². The van der Waals surface area contributed by atoms with Crippen molar-refractivity contribution in [3.63, 3.8) is 0 Å². The molecule has 0 fully saturated rings. The molecule has 0 heterocycles. The second kappa shape index (κ2) is 7.85. The smallest absolute Gasteiger partial charge is 0.255 e. The normalized spacial score (nSPS) is 9.77. The van der Waals surface area contributed by atoms with Crippen molar-refractivity contribution in [1.82, 2.24) is 4.90 Å². The van der Waals surface area contributed by atoms with Crippen molar-refractivity contribution in [2.75, 3.05) is 6.54 Å². The summed E-state index contributed by atoms with van der Waals surface area (Å²) in [6.45, 7) is 4.92. The number of nitrogens with zero attached hydrogens (tertiary/aromatic N) is 1. The van der Waals surface area contributed by atoms with Crippen molar-refractivity contribution < 1.29 is 4.79 Å². The van der Waals surface area contributed by atoms with Crippen LogP contribution in [0.4, 0.5) is 0 Å². The number of hydrogen-bond donors (Lipinski definition) is 0. The van der Waals surface area contributed by atoms with E-state index in [2.05, 4.69) is 12.5 Å². The molecule has 2 aromatic rings. The first-order valence-corrected chi connectivity index (χ1v) is 7.26. The molecule has 0 aliphatic heterocycles. The van der Waals surface area contributed by atoms with Crippen molar-refractivity contribution in [3.8, 4) is 12.3 Å². The van der Waals surface area contributed by atoms with Crippen LogP contribution in [-0.4, -0.2) is 17.4 Å². The molecule has 0 radical (unpaired) electrons. The highest BCUT2D eigenvalue weighted by molar-refractivity contribution is 5.96. The average Bonchev–Trinajstić information content (AvgIpc) is 2.58. The Morgan fingerprint density at radius 1 is 1.14 bits per heavy atom. The van der Waals surface area contributed by atoms with Crippen LogP contribution in [0.5, 0.6) is 0 Å². The Labute approximate surface area is 132 Å². The van der Waals surface area contributed by atoms with Crippen LogP contribution in [0.25, 0.3) is 0 Å². The molecule has 0 N–H and O–H groups in total. The van der Waals surface area contributed by atoms with Crippen molar-refractivity contribution in [1.29, 1.82) is 0 Å². The van der Waals surface area contributed by atoms with E-state index in [1.54, 1.807) is 12.1 Å². The van der Waals surface area contributed by atoms with Gasteiger partial charge in [-0.15, -0.1) is 13.0 Å². The summed E-state index contributed by atoms with van der Waals surface area (Å²) in [6.07, 6.45) is 8.07. The minimum atomic E-state index is -0.0424. The van der Waals surface area contributed by atoms with Crippen molar-refractivity contribution >= 4 is 5.91 Å². The molecule has 2 aromatic carbocycles. The molecular weight excluding hydrogens is 270 g/mol. The predicted molar refractivity (Wildman–Crippen MR) is 90.4 cm³/mol. The van der Waals surface area contributed by atoms with Crippen LogP contribution in [0.2, 0.25) is 0 Å². The third kappa shape index (κ3) is 3.86. The number of terminal acetylenes is 1. The Morgan fingerprint density at radius 2 is 1.82 bits per heavy atom. The molecule has 0 spiro atoms. The number of carbonyl (C=O) groups excluding carboxylic acids is 1. The quantitative estimate of drug-likeness (QED) is 0.583. The van der Waals surface area contributed by atoms with E-state index >= 15 is 0 Å². The molecule has 2 rings (SSSR count). The third-order valence-electron chi connectivity index (χ3n) is 3.42. The largest absolute Gasteiger partial charge is 0.334 e. The Balaban J connectivity index is 2.26. The summed E-state index contributed by atoms with van der Waals surface area (Å²) in [6, 6.07) is 17.2. The van der Waals surface area contributed by atoms with E-state index in [0.717, 1.165) is 12.0 Å². The average molecular weight is 289 g/mol. The molecule has 0 unspecified atom stereocenters. The summed E-state index contributed by atoms with van der Waals surface area (Å²) >= 11 is 0. The summed E-state index contributed by atoms with van der Waals surface area (Å²) in [4.78, 5) is 14.6. The van der Waals surface area contributed by atoms with Crippen LogP contribution in [0, 0.1) is 12.3 Å². The van der Waals surface area contributed by atoms with Gasteiger partial charge in [-0.25, -0.2) is 0 Å². The SMILES string of the molecule is C#Cc1ccccc1C(=O)N(CCC=C)Cc1ccccc1. The Kier molecular flexibility index (Phi) is 5.57. The monoisotopic (exact) mass is 289 g/mol. The summed E-state index contributed by atoms with van der Waals surface area (Å²) in [7, 11) is 0. The summed E-state index contributed by atoms with van der Waals surface area (Å²) in [5.74, 6) is 2.54. The number of carbonyl (C=O) groups is 1. The van der Waals surface area contributed by atoms with Crippen LogP contribution in [0.3, 0.4) is 0 Å². The molecule has 0 atom stereocenters. The van der Waals surface area contributed by atoms with Gasteiger partial charge in [-0.05, 0) is 24.1 Å². The van der Waals surface area contributed by atoms with E-state index < -0.39 is 0 Å². The van der Waals surface area contributed by atoms with Gasteiger partial charge >= 0.3 is 0 Å². The highest BCUT2D eigenvalue weighted by Gasteiger charge is 2.17. The first-order chi connectivity index (χ1) is 10.8. The lowest BCUT2D eigenvalue weighted by molar-refractivity contribution is 0.0746. The first kappa shape index (κ1) is 15.6. The number of hydrogen-bond acceptors (Lipinski definition) is 1. The lowest BCUT2D eigenvalue weighted by Crippen LogP contribution is -2.31.